The molecule has 0 saturated carbocycles. The van der Waals surface area contributed by atoms with Crippen LogP contribution in [0.25, 0.3) is 0 Å². The number of anilines is 2. The van der Waals surface area contributed by atoms with Crippen LogP contribution >= 0.6 is 12.2 Å². The minimum Gasteiger partial charge on any atom is -0.462 e. The lowest BCUT2D eigenvalue weighted by atomic mass is 9.99. The summed E-state index contributed by atoms with van der Waals surface area (Å²) >= 11 is 5.53. The molecule has 5 nitrogen and oxygen atoms in total. The number of aryl methyl sites for hydroxylation is 1. The van der Waals surface area contributed by atoms with Crippen molar-refractivity contribution in [3.05, 3.63) is 59.2 Å². The molecule has 31 heavy (non-hydrogen) atoms. The fraction of sp³-hybridized carbons (Fsp3) is 0.440. The van der Waals surface area contributed by atoms with E-state index in [0.717, 1.165) is 30.3 Å². The van der Waals surface area contributed by atoms with Gasteiger partial charge in [-0.2, -0.15) is 0 Å². The van der Waals surface area contributed by atoms with Crippen molar-refractivity contribution >= 4 is 34.7 Å². The average molecular weight is 440 g/mol. The molecule has 0 spiro atoms. The number of nitrogens with zero attached hydrogens (tertiary/aromatic N) is 1. The molecule has 0 amide bonds. The van der Waals surface area contributed by atoms with Crippen molar-refractivity contribution in [2.24, 2.45) is 5.92 Å². The van der Waals surface area contributed by atoms with Gasteiger partial charge in [-0.1, -0.05) is 25.1 Å². The van der Waals surface area contributed by atoms with Gasteiger partial charge in [0.25, 0.3) is 0 Å². The van der Waals surface area contributed by atoms with E-state index in [0.29, 0.717) is 17.3 Å². The zero-order valence-corrected chi connectivity index (χ0v) is 19.7. The van der Waals surface area contributed by atoms with E-state index < -0.39 is 0 Å². The van der Waals surface area contributed by atoms with Crippen molar-refractivity contribution in [3.8, 4) is 0 Å². The SMILES string of the molecule is CCOC(=O)c1ccc(C)c(NC(=S)N[C@H](C)c2ccc(N3CCC[C@@H](C)C3)cc2)c1. The largest absolute Gasteiger partial charge is 0.462 e. The molecule has 2 N–H and O–H groups in total. The highest BCUT2D eigenvalue weighted by Gasteiger charge is 2.17. The summed E-state index contributed by atoms with van der Waals surface area (Å²) < 4.78 is 5.09. The summed E-state index contributed by atoms with van der Waals surface area (Å²) in [6.45, 7) is 10.8. The summed E-state index contributed by atoms with van der Waals surface area (Å²) in [4.78, 5) is 14.5. The smallest absolute Gasteiger partial charge is 0.338 e. The maximum absolute atomic E-state index is 12.0. The highest BCUT2D eigenvalue weighted by Crippen LogP contribution is 2.25. The monoisotopic (exact) mass is 439 g/mol. The van der Waals surface area contributed by atoms with E-state index >= 15 is 0 Å². The third-order valence-corrected chi connectivity index (χ3v) is 5.98. The van der Waals surface area contributed by atoms with Gasteiger partial charge in [0.15, 0.2) is 5.11 Å². The second-order valence-corrected chi connectivity index (χ2v) is 8.76. The highest BCUT2D eigenvalue weighted by molar-refractivity contribution is 7.80. The number of carbonyl (C=O) groups excluding carboxylic acids is 1. The molecule has 3 rings (SSSR count). The van der Waals surface area contributed by atoms with Crippen LogP contribution in [0.5, 0.6) is 0 Å². The Morgan fingerprint density at radius 2 is 2.00 bits per heavy atom. The molecule has 166 valence electrons. The first-order chi connectivity index (χ1) is 14.9. The third-order valence-electron chi connectivity index (χ3n) is 5.76. The topological polar surface area (TPSA) is 53.6 Å². The predicted octanol–water partition coefficient (Wildman–Crippen LogP) is 5.46. The Bertz CT molecular complexity index is 913. The van der Waals surface area contributed by atoms with Crippen LogP contribution in [-0.4, -0.2) is 30.8 Å². The molecule has 1 heterocycles. The lowest BCUT2D eigenvalue weighted by Gasteiger charge is -2.33. The molecule has 0 bridgehead atoms. The van der Waals surface area contributed by atoms with Crippen LogP contribution in [0.4, 0.5) is 11.4 Å². The van der Waals surface area contributed by atoms with Gasteiger partial charge in [0, 0.05) is 24.5 Å². The molecule has 6 heteroatoms. The number of piperidine rings is 1. The van der Waals surface area contributed by atoms with Crippen molar-refractivity contribution in [3.63, 3.8) is 0 Å². The number of ether oxygens (including phenoxy) is 1. The summed E-state index contributed by atoms with van der Waals surface area (Å²) in [5.41, 5.74) is 4.77. The second-order valence-electron chi connectivity index (χ2n) is 8.36. The summed E-state index contributed by atoms with van der Waals surface area (Å²) in [6.07, 6.45) is 2.58. The molecule has 0 unspecified atom stereocenters. The zero-order chi connectivity index (χ0) is 22.4. The maximum atomic E-state index is 12.0. The van der Waals surface area contributed by atoms with Gasteiger partial charge in [-0.25, -0.2) is 4.79 Å². The number of carbonyl (C=O) groups is 1. The van der Waals surface area contributed by atoms with Crippen molar-refractivity contribution in [2.75, 3.05) is 29.9 Å². The minimum absolute atomic E-state index is 0.0582. The molecular weight excluding hydrogens is 406 g/mol. The van der Waals surface area contributed by atoms with Crippen molar-refractivity contribution in [2.45, 2.75) is 46.6 Å². The van der Waals surface area contributed by atoms with Crippen molar-refractivity contribution in [1.82, 2.24) is 5.32 Å². The molecular formula is C25H33N3O2S. The van der Waals surface area contributed by atoms with Gasteiger partial charge >= 0.3 is 5.97 Å². The van der Waals surface area contributed by atoms with Crippen LogP contribution in [0.3, 0.4) is 0 Å². The Labute approximate surface area is 191 Å². The van der Waals surface area contributed by atoms with E-state index in [-0.39, 0.29) is 12.0 Å². The quantitative estimate of drug-likeness (QED) is 0.461. The Morgan fingerprint density at radius 1 is 1.26 bits per heavy atom. The molecule has 1 aliphatic rings. The maximum Gasteiger partial charge on any atom is 0.338 e. The number of hydrogen-bond donors (Lipinski definition) is 2. The van der Waals surface area contributed by atoms with Crippen LogP contribution in [0, 0.1) is 12.8 Å². The van der Waals surface area contributed by atoms with Gasteiger partial charge in [-0.3, -0.25) is 0 Å². The van der Waals surface area contributed by atoms with Crippen LogP contribution in [-0.2, 0) is 4.74 Å². The first-order valence-corrected chi connectivity index (χ1v) is 11.5. The predicted molar refractivity (Wildman–Crippen MR) is 132 cm³/mol. The molecule has 0 aliphatic carbocycles. The zero-order valence-electron chi connectivity index (χ0n) is 18.9. The molecule has 1 aliphatic heterocycles. The Morgan fingerprint density at radius 3 is 2.68 bits per heavy atom. The number of nitrogens with one attached hydrogen (secondary N) is 2. The van der Waals surface area contributed by atoms with Gasteiger partial charge in [0.2, 0.25) is 0 Å². The molecule has 2 aromatic carbocycles. The van der Waals surface area contributed by atoms with Crippen LogP contribution in [0.1, 0.15) is 61.1 Å². The normalized spacial score (nSPS) is 17.0. The fourth-order valence-electron chi connectivity index (χ4n) is 3.93. The van der Waals surface area contributed by atoms with Gasteiger partial charge in [-0.05, 0) is 87.1 Å². The number of rotatable bonds is 6. The van der Waals surface area contributed by atoms with E-state index in [1.165, 1.54) is 24.1 Å². The number of esters is 1. The van der Waals surface area contributed by atoms with Gasteiger partial charge < -0.3 is 20.3 Å². The standard InChI is InChI=1S/C25H33N3O2S/c1-5-30-24(29)21-9-8-18(3)23(15-21)27-25(31)26-19(4)20-10-12-22(13-11-20)28-14-6-7-17(2)16-28/h8-13,15,17,19H,5-7,14,16H2,1-4H3,(H2,26,27,31)/t17-,19-/m1/s1. The van der Waals surface area contributed by atoms with E-state index in [1.54, 1.807) is 19.1 Å². The third kappa shape index (κ3) is 6.20. The van der Waals surface area contributed by atoms with Crippen LogP contribution in [0.2, 0.25) is 0 Å². The van der Waals surface area contributed by atoms with E-state index in [2.05, 4.69) is 53.6 Å². The Hall–Kier alpha value is -2.60. The summed E-state index contributed by atoms with van der Waals surface area (Å²) in [6, 6.07) is 14.2. The van der Waals surface area contributed by atoms with Crippen molar-refractivity contribution in [1.29, 1.82) is 0 Å². The molecule has 2 aromatic rings. The van der Waals surface area contributed by atoms with Crippen molar-refractivity contribution < 1.29 is 9.53 Å². The first-order valence-electron chi connectivity index (χ1n) is 11.1. The summed E-state index contributed by atoms with van der Waals surface area (Å²) in [5, 5.41) is 7.08. The first kappa shape index (κ1) is 23.1. The van der Waals surface area contributed by atoms with Gasteiger partial charge in [0.1, 0.15) is 0 Å². The molecule has 1 fully saturated rings. The number of hydrogen-bond acceptors (Lipinski definition) is 4. The van der Waals surface area contributed by atoms with E-state index in [9.17, 15) is 4.79 Å². The molecule has 0 aromatic heterocycles. The summed E-state index contributed by atoms with van der Waals surface area (Å²) in [5.74, 6) is 0.421. The minimum atomic E-state index is -0.332. The Kier molecular flexibility index (Phi) is 7.91. The lowest BCUT2D eigenvalue weighted by Crippen LogP contribution is -2.34. The van der Waals surface area contributed by atoms with Crippen LogP contribution in [0.15, 0.2) is 42.5 Å². The average Bonchev–Trinajstić information content (AvgIpc) is 2.75. The van der Waals surface area contributed by atoms with Gasteiger partial charge in [0.05, 0.1) is 18.2 Å². The van der Waals surface area contributed by atoms with Gasteiger partial charge in [-0.15, -0.1) is 0 Å². The number of thiocarbonyl (C=S) groups is 1. The lowest BCUT2D eigenvalue weighted by molar-refractivity contribution is 0.0526. The highest BCUT2D eigenvalue weighted by atomic mass is 32.1. The van der Waals surface area contributed by atoms with E-state index in [4.69, 9.17) is 17.0 Å². The summed E-state index contributed by atoms with van der Waals surface area (Å²) in [7, 11) is 0. The molecule has 1 saturated heterocycles. The molecule has 2 atom stereocenters. The Balaban J connectivity index is 1.60. The van der Waals surface area contributed by atoms with Crippen LogP contribution < -0.4 is 15.5 Å². The van der Waals surface area contributed by atoms with E-state index in [1.807, 2.05) is 13.0 Å². The second kappa shape index (κ2) is 10.6. The molecule has 0 radical (unpaired) electrons. The fourth-order valence-corrected chi connectivity index (χ4v) is 4.22. The number of benzene rings is 2.